The molecule has 0 unspecified atom stereocenters. The van der Waals surface area contributed by atoms with Crippen molar-refractivity contribution in [3.63, 3.8) is 0 Å². The van der Waals surface area contributed by atoms with Gasteiger partial charge in [-0.3, -0.25) is 9.59 Å². The van der Waals surface area contributed by atoms with Gasteiger partial charge >= 0.3 is 5.97 Å². The van der Waals surface area contributed by atoms with Crippen molar-refractivity contribution in [1.29, 1.82) is 0 Å². The molecule has 0 spiro atoms. The minimum Gasteiger partial charge on any atom is -0.467 e. The van der Waals surface area contributed by atoms with E-state index in [1.54, 1.807) is 13.8 Å². The molecule has 0 fully saturated rings. The molecule has 0 aromatic heterocycles. The lowest BCUT2D eigenvalue weighted by molar-refractivity contribution is -0.160. The predicted octanol–water partition coefficient (Wildman–Crippen LogP) is 6.97. The summed E-state index contributed by atoms with van der Waals surface area (Å²) in [6.45, 7) is 30.1. The van der Waals surface area contributed by atoms with Gasteiger partial charge in [-0.25, -0.2) is 4.79 Å². The first-order valence-corrected chi connectivity index (χ1v) is 19.9. The van der Waals surface area contributed by atoms with Crippen LogP contribution in [0, 0.1) is 17.8 Å². The van der Waals surface area contributed by atoms with Crippen molar-refractivity contribution in [1.82, 2.24) is 0 Å². The third kappa shape index (κ3) is 10.0. The summed E-state index contributed by atoms with van der Waals surface area (Å²) in [7, 11) is -1.88. The van der Waals surface area contributed by atoms with E-state index >= 15 is 0 Å². The first kappa shape index (κ1) is 37.9. The zero-order chi connectivity index (χ0) is 31.3. The molecule has 0 N–H and O–H groups in total. The summed E-state index contributed by atoms with van der Waals surface area (Å²) in [6.07, 6.45) is -0.491. The van der Waals surface area contributed by atoms with Crippen LogP contribution in [0.2, 0.25) is 36.3 Å². The van der Waals surface area contributed by atoms with Crippen LogP contribution in [-0.4, -0.2) is 66.7 Å². The summed E-state index contributed by atoms with van der Waals surface area (Å²) in [4.78, 5) is 39.1. The molecule has 9 heteroatoms. The Balaban J connectivity index is 6.55. The third-order valence-corrected chi connectivity index (χ3v) is 17.8. The van der Waals surface area contributed by atoms with Crippen LogP contribution in [0.15, 0.2) is 11.6 Å². The van der Waals surface area contributed by atoms with Crippen molar-refractivity contribution in [2.24, 2.45) is 17.8 Å². The molecule has 0 radical (unpaired) electrons. The Morgan fingerprint density at radius 2 is 1.13 bits per heavy atom. The monoisotopic (exact) mass is 586 g/mol. The van der Waals surface area contributed by atoms with Crippen molar-refractivity contribution >= 4 is 34.2 Å². The Labute approximate surface area is 241 Å². The summed E-state index contributed by atoms with van der Waals surface area (Å²) in [5.41, 5.74) is 0.853. The van der Waals surface area contributed by atoms with Crippen molar-refractivity contribution in [2.75, 3.05) is 14.2 Å². The molecule has 0 bridgehead atoms. The summed E-state index contributed by atoms with van der Waals surface area (Å²) < 4.78 is 24.2. The van der Waals surface area contributed by atoms with Gasteiger partial charge in [0, 0.05) is 24.9 Å². The number of rotatable bonds is 14. The maximum absolute atomic E-state index is 14.1. The van der Waals surface area contributed by atoms with Gasteiger partial charge in [-0.15, -0.1) is 0 Å². The number of methoxy groups -OCH3 is 2. The molecule has 39 heavy (non-hydrogen) atoms. The fourth-order valence-corrected chi connectivity index (χ4v) is 6.46. The average molecular weight is 587 g/mol. The van der Waals surface area contributed by atoms with Gasteiger partial charge in [-0.2, -0.15) is 0 Å². The smallest absolute Gasteiger partial charge is 0.336 e. The highest BCUT2D eigenvalue weighted by molar-refractivity contribution is 6.74. The second-order valence-electron chi connectivity index (χ2n) is 14.1. The molecular formula is C30H58O7Si2. The largest absolute Gasteiger partial charge is 0.467 e. The molecule has 0 aromatic rings. The molecule has 7 nitrogen and oxygen atoms in total. The molecule has 0 aliphatic rings. The number of Topliss-reactive ketones (excluding diaryl/α,β-unsaturated/α-hetero) is 2. The molecule has 0 saturated carbocycles. The van der Waals surface area contributed by atoms with Crippen LogP contribution in [0.4, 0.5) is 0 Å². The van der Waals surface area contributed by atoms with Gasteiger partial charge in [0.25, 0.3) is 0 Å². The Morgan fingerprint density at radius 1 is 0.718 bits per heavy atom. The van der Waals surface area contributed by atoms with Crippen molar-refractivity contribution in [2.45, 2.75) is 131 Å². The fraction of sp³-hybridized carbons (Fsp3) is 0.833. The maximum Gasteiger partial charge on any atom is 0.336 e. The molecule has 6 atom stereocenters. The van der Waals surface area contributed by atoms with Crippen LogP contribution in [0.5, 0.6) is 0 Å². The molecule has 228 valence electrons. The number of ether oxygens (including phenoxy) is 2. The quantitative estimate of drug-likeness (QED) is 0.123. The van der Waals surface area contributed by atoms with E-state index in [4.69, 9.17) is 18.3 Å². The van der Waals surface area contributed by atoms with Crippen LogP contribution in [0.1, 0.15) is 76.2 Å². The Bertz CT molecular complexity index is 881. The van der Waals surface area contributed by atoms with Gasteiger partial charge in [-0.05, 0) is 55.7 Å². The lowest BCUT2D eigenvalue weighted by Crippen LogP contribution is -2.54. The van der Waals surface area contributed by atoms with Gasteiger partial charge in [0.15, 0.2) is 22.7 Å². The summed E-state index contributed by atoms with van der Waals surface area (Å²) >= 11 is 0. The van der Waals surface area contributed by atoms with Gasteiger partial charge in [-0.1, -0.05) is 68.4 Å². The third-order valence-electron chi connectivity index (χ3n) is 8.91. The van der Waals surface area contributed by atoms with Crippen LogP contribution < -0.4 is 0 Å². The van der Waals surface area contributed by atoms with Gasteiger partial charge in [0.2, 0.25) is 0 Å². The minimum absolute atomic E-state index is 0.0518. The molecule has 0 amide bonds. The summed E-state index contributed by atoms with van der Waals surface area (Å²) in [6, 6.07) is 0. The van der Waals surface area contributed by atoms with Gasteiger partial charge < -0.3 is 18.3 Å². The van der Waals surface area contributed by atoms with Crippen molar-refractivity contribution in [3.8, 4) is 0 Å². The van der Waals surface area contributed by atoms with E-state index in [2.05, 4.69) is 67.7 Å². The number of ketones is 2. The first-order chi connectivity index (χ1) is 17.4. The maximum atomic E-state index is 14.1. The number of carbonyl (C=O) groups is 3. The molecule has 0 aliphatic carbocycles. The van der Waals surface area contributed by atoms with Crippen LogP contribution in [0.25, 0.3) is 0 Å². The number of allylic oxidation sites excluding steroid dienone is 1. The highest BCUT2D eigenvalue weighted by Gasteiger charge is 2.48. The first-order valence-electron chi connectivity index (χ1n) is 14.0. The molecule has 0 aromatic carbocycles. The Morgan fingerprint density at radius 3 is 1.46 bits per heavy atom. The van der Waals surface area contributed by atoms with Crippen LogP contribution in [0.3, 0.4) is 0 Å². The molecular weight excluding hydrogens is 528 g/mol. The summed E-state index contributed by atoms with van der Waals surface area (Å²) in [5, 5.41) is -0.232. The topological polar surface area (TPSA) is 88.1 Å². The zero-order valence-electron chi connectivity index (χ0n) is 27.9. The highest BCUT2D eigenvalue weighted by atomic mass is 28.4. The zero-order valence-corrected chi connectivity index (χ0v) is 29.9. The number of carbonyl (C=O) groups excluding carboxylic acids is 3. The van der Waals surface area contributed by atoms with Gasteiger partial charge in [0.1, 0.15) is 17.7 Å². The number of esters is 1. The van der Waals surface area contributed by atoms with Crippen LogP contribution in [-0.2, 0) is 32.7 Å². The SMILES string of the molecule is COC(=O)[C@H](O[Si](C)(C)C(C)(C)C)[C@@H](OC)[C@H](C)C(=O)[C@H](C)[C@@H](O[Si](C)(C)C(C)(C)C)/C(C)=C/[C@H](C)C(C)=O. The summed E-state index contributed by atoms with van der Waals surface area (Å²) in [5.74, 6) is -2.11. The van der Waals surface area contributed by atoms with Crippen molar-refractivity contribution < 1.29 is 32.7 Å². The fourth-order valence-electron chi connectivity index (χ4n) is 3.87. The minimum atomic E-state index is -2.41. The van der Waals surface area contributed by atoms with E-state index in [0.29, 0.717) is 0 Å². The lowest BCUT2D eigenvalue weighted by atomic mass is 9.83. The molecule has 0 rings (SSSR count). The second kappa shape index (κ2) is 14.2. The Kier molecular flexibility index (Phi) is 13.7. The van der Waals surface area contributed by atoms with Crippen molar-refractivity contribution in [3.05, 3.63) is 11.6 Å². The van der Waals surface area contributed by atoms with Gasteiger partial charge in [0.05, 0.1) is 13.2 Å². The number of hydrogen-bond donors (Lipinski definition) is 0. The highest BCUT2D eigenvalue weighted by Crippen LogP contribution is 2.41. The normalized spacial score (nSPS) is 18.5. The predicted molar refractivity (Wildman–Crippen MR) is 164 cm³/mol. The molecule has 0 heterocycles. The van der Waals surface area contributed by atoms with E-state index < -0.39 is 52.8 Å². The van der Waals surface area contributed by atoms with E-state index in [1.165, 1.54) is 14.2 Å². The second-order valence-corrected chi connectivity index (χ2v) is 23.6. The van der Waals surface area contributed by atoms with E-state index in [1.807, 2.05) is 26.8 Å². The lowest BCUT2D eigenvalue weighted by Gasteiger charge is -2.42. The average Bonchev–Trinajstić information content (AvgIpc) is 2.78. The molecule has 0 saturated heterocycles. The van der Waals surface area contributed by atoms with E-state index in [0.717, 1.165) is 5.57 Å². The van der Waals surface area contributed by atoms with E-state index in [9.17, 15) is 14.4 Å². The van der Waals surface area contributed by atoms with Crippen LogP contribution >= 0.6 is 0 Å². The number of hydrogen-bond acceptors (Lipinski definition) is 7. The Hall–Kier alpha value is -1.14. The van der Waals surface area contributed by atoms with E-state index in [-0.39, 0.29) is 27.6 Å². The molecule has 0 aliphatic heterocycles. The standard InChI is InChI=1S/C30H58O7Si2/c1-19(23(5)31)18-20(2)25(36-38(14,15)29(6,7)8)21(3)24(32)22(4)26(34-12)27(28(33)35-13)37-39(16,17)30(9,10)11/h18-19,21-22,25-27H,1-17H3/b20-18+/t19-,21-,22+,25-,26-,27+/m0/s1.